The number of nitrogens with two attached hydrogens (primary N) is 1. The smallest absolute Gasteiger partial charge is 0.130 e. The lowest BCUT2D eigenvalue weighted by Gasteiger charge is -2.29. The molecule has 2 N–H and O–H groups in total. The summed E-state index contributed by atoms with van der Waals surface area (Å²) in [5.41, 5.74) is 5.05. The number of hydrogen-bond donors (Lipinski definition) is 1. The lowest BCUT2D eigenvalue weighted by atomic mass is 9.97. The molecule has 0 amide bonds. The van der Waals surface area contributed by atoms with E-state index in [4.69, 9.17) is 15.7 Å². The van der Waals surface area contributed by atoms with Crippen molar-refractivity contribution in [2.75, 3.05) is 6.61 Å². The molecule has 1 atom stereocenters. The molecule has 0 aliphatic heterocycles. The first kappa shape index (κ1) is 11.5. The molecule has 1 aliphatic rings. The second kappa shape index (κ2) is 3.88. The lowest BCUT2D eigenvalue weighted by Crippen LogP contribution is -2.47. The Bertz CT molecular complexity index is 240. The number of nitrogens with zero attached hydrogens (tertiary/aromatic N) is 1. The fraction of sp³-hybridized carbons (Fsp3) is 0.909. The topological polar surface area (TPSA) is 59.0 Å². The molecule has 14 heavy (non-hydrogen) atoms. The Labute approximate surface area is 86.2 Å². The zero-order valence-corrected chi connectivity index (χ0v) is 9.34. The molecule has 0 spiro atoms. The Kier molecular flexibility index (Phi) is 3.18. The van der Waals surface area contributed by atoms with Crippen molar-refractivity contribution in [1.82, 2.24) is 0 Å². The van der Waals surface area contributed by atoms with Gasteiger partial charge in [0.2, 0.25) is 0 Å². The molecule has 0 aromatic carbocycles. The van der Waals surface area contributed by atoms with Crippen LogP contribution in [0.1, 0.15) is 40.0 Å². The lowest BCUT2D eigenvalue weighted by molar-refractivity contribution is -0.0385. The van der Waals surface area contributed by atoms with Crippen molar-refractivity contribution in [3.05, 3.63) is 0 Å². The third-order valence-electron chi connectivity index (χ3n) is 3.07. The summed E-state index contributed by atoms with van der Waals surface area (Å²) in [5, 5.41) is 9.01. The van der Waals surface area contributed by atoms with Gasteiger partial charge in [-0.3, -0.25) is 0 Å². The molecule has 1 aliphatic carbocycles. The first-order chi connectivity index (χ1) is 6.43. The molecule has 3 heteroatoms. The largest absolute Gasteiger partial charge is 0.373 e. The van der Waals surface area contributed by atoms with Crippen molar-refractivity contribution in [1.29, 1.82) is 5.26 Å². The molecular formula is C11H20N2O. The van der Waals surface area contributed by atoms with E-state index < -0.39 is 5.54 Å². The molecule has 80 valence electrons. The molecule has 1 unspecified atom stereocenters. The highest BCUT2D eigenvalue weighted by Gasteiger charge is 2.43. The standard InChI is InChI=1S/C11H20N2O/c1-4-10(2,3)14-8-11(13,7-12)9-5-6-9/h9H,4-6,8,13H2,1-3H3. The van der Waals surface area contributed by atoms with Crippen LogP contribution in [0.2, 0.25) is 0 Å². The van der Waals surface area contributed by atoms with E-state index >= 15 is 0 Å². The third kappa shape index (κ3) is 2.70. The zero-order valence-electron chi connectivity index (χ0n) is 9.34. The summed E-state index contributed by atoms with van der Waals surface area (Å²) in [6.07, 6.45) is 3.07. The van der Waals surface area contributed by atoms with Gasteiger partial charge in [0.05, 0.1) is 18.3 Å². The van der Waals surface area contributed by atoms with Crippen LogP contribution in [0, 0.1) is 17.2 Å². The molecule has 0 saturated heterocycles. The van der Waals surface area contributed by atoms with Gasteiger partial charge < -0.3 is 10.5 Å². The minimum atomic E-state index is -0.757. The van der Waals surface area contributed by atoms with Gasteiger partial charge in [0.1, 0.15) is 5.54 Å². The molecule has 1 saturated carbocycles. The normalized spacial score (nSPS) is 21.4. The van der Waals surface area contributed by atoms with Crippen LogP contribution in [0.4, 0.5) is 0 Å². The first-order valence-corrected chi connectivity index (χ1v) is 5.27. The molecular weight excluding hydrogens is 176 g/mol. The van der Waals surface area contributed by atoms with Crippen LogP contribution >= 0.6 is 0 Å². The predicted octanol–water partition coefficient (Wildman–Crippen LogP) is 1.82. The van der Waals surface area contributed by atoms with Crippen molar-refractivity contribution >= 4 is 0 Å². The minimum Gasteiger partial charge on any atom is -0.373 e. The van der Waals surface area contributed by atoms with Gasteiger partial charge in [0.25, 0.3) is 0 Å². The highest BCUT2D eigenvalue weighted by molar-refractivity contribution is 5.13. The highest BCUT2D eigenvalue weighted by Crippen LogP contribution is 2.38. The van der Waals surface area contributed by atoms with E-state index in [2.05, 4.69) is 13.0 Å². The summed E-state index contributed by atoms with van der Waals surface area (Å²) in [5.74, 6) is 0.347. The van der Waals surface area contributed by atoms with E-state index in [1.807, 2.05) is 13.8 Å². The van der Waals surface area contributed by atoms with E-state index in [-0.39, 0.29) is 5.60 Å². The van der Waals surface area contributed by atoms with E-state index in [0.29, 0.717) is 12.5 Å². The van der Waals surface area contributed by atoms with E-state index in [0.717, 1.165) is 19.3 Å². The summed E-state index contributed by atoms with van der Waals surface area (Å²) < 4.78 is 5.69. The summed E-state index contributed by atoms with van der Waals surface area (Å²) in [7, 11) is 0. The number of hydrogen-bond acceptors (Lipinski definition) is 3. The van der Waals surface area contributed by atoms with Crippen LogP contribution in [-0.2, 0) is 4.74 Å². The van der Waals surface area contributed by atoms with Crippen molar-refractivity contribution in [2.24, 2.45) is 11.7 Å². The van der Waals surface area contributed by atoms with Crippen LogP contribution in [-0.4, -0.2) is 17.7 Å². The van der Waals surface area contributed by atoms with Gasteiger partial charge in [-0.2, -0.15) is 5.26 Å². The Morgan fingerprint density at radius 3 is 2.43 bits per heavy atom. The Morgan fingerprint density at radius 2 is 2.07 bits per heavy atom. The Balaban J connectivity index is 2.46. The van der Waals surface area contributed by atoms with Gasteiger partial charge in [-0.15, -0.1) is 0 Å². The quantitative estimate of drug-likeness (QED) is 0.729. The molecule has 1 rings (SSSR count). The van der Waals surface area contributed by atoms with Gasteiger partial charge >= 0.3 is 0 Å². The van der Waals surface area contributed by atoms with Crippen LogP contribution in [0.5, 0.6) is 0 Å². The number of rotatable bonds is 5. The summed E-state index contributed by atoms with van der Waals surface area (Å²) in [4.78, 5) is 0. The van der Waals surface area contributed by atoms with Gasteiger partial charge in [-0.1, -0.05) is 6.92 Å². The molecule has 0 bridgehead atoms. The number of ether oxygens (including phenoxy) is 1. The maximum absolute atomic E-state index is 9.01. The van der Waals surface area contributed by atoms with Gasteiger partial charge in [-0.25, -0.2) is 0 Å². The van der Waals surface area contributed by atoms with Crippen LogP contribution in [0.25, 0.3) is 0 Å². The first-order valence-electron chi connectivity index (χ1n) is 5.27. The molecule has 0 heterocycles. The maximum atomic E-state index is 9.01. The van der Waals surface area contributed by atoms with Gasteiger partial charge in [0.15, 0.2) is 0 Å². The zero-order chi connectivity index (χ0) is 10.8. The van der Waals surface area contributed by atoms with Crippen molar-refractivity contribution in [2.45, 2.75) is 51.2 Å². The average Bonchev–Trinajstić information content (AvgIpc) is 2.98. The Hall–Kier alpha value is -0.590. The molecule has 0 aromatic heterocycles. The second-order valence-electron chi connectivity index (χ2n) is 4.83. The van der Waals surface area contributed by atoms with Crippen LogP contribution < -0.4 is 5.73 Å². The predicted molar refractivity (Wildman–Crippen MR) is 55.6 cm³/mol. The number of nitriles is 1. The van der Waals surface area contributed by atoms with Crippen LogP contribution in [0.15, 0.2) is 0 Å². The molecule has 3 nitrogen and oxygen atoms in total. The maximum Gasteiger partial charge on any atom is 0.130 e. The van der Waals surface area contributed by atoms with E-state index in [9.17, 15) is 0 Å². The minimum absolute atomic E-state index is 0.170. The average molecular weight is 196 g/mol. The fourth-order valence-corrected chi connectivity index (χ4v) is 1.26. The summed E-state index contributed by atoms with van der Waals surface area (Å²) in [6.45, 7) is 6.48. The molecule has 0 radical (unpaired) electrons. The molecule has 0 aromatic rings. The van der Waals surface area contributed by atoms with Crippen molar-refractivity contribution in [3.8, 4) is 6.07 Å². The van der Waals surface area contributed by atoms with Crippen molar-refractivity contribution in [3.63, 3.8) is 0 Å². The van der Waals surface area contributed by atoms with Gasteiger partial charge in [-0.05, 0) is 39.0 Å². The SMILES string of the molecule is CCC(C)(C)OCC(N)(C#N)C1CC1. The second-order valence-corrected chi connectivity index (χ2v) is 4.83. The third-order valence-corrected chi connectivity index (χ3v) is 3.07. The fourth-order valence-electron chi connectivity index (χ4n) is 1.26. The van der Waals surface area contributed by atoms with Gasteiger partial charge in [0, 0.05) is 0 Å². The Morgan fingerprint density at radius 1 is 1.50 bits per heavy atom. The monoisotopic (exact) mass is 196 g/mol. The summed E-state index contributed by atoms with van der Waals surface area (Å²) >= 11 is 0. The molecule has 1 fully saturated rings. The van der Waals surface area contributed by atoms with E-state index in [1.54, 1.807) is 0 Å². The highest BCUT2D eigenvalue weighted by atomic mass is 16.5. The van der Waals surface area contributed by atoms with Crippen LogP contribution in [0.3, 0.4) is 0 Å². The van der Waals surface area contributed by atoms with Crippen molar-refractivity contribution < 1.29 is 4.74 Å². The van der Waals surface area contributed by atoms with E-state index in [1.165, 1.54) is 0 Å². The summed E-state index contributed by atoms with van der Waals surface area (Å²) in [6, 6.07) is 2.19.